The fourth-order valence-corrected chi connectivity index (χ4v) is 1.66. The summed E-state index contributed by atoms with van der Waals surface area (Å²) in [7, 11) is 0. The Morgan fingerprint density at radius 2 is 2.20 bits per heavy atom. The van der Waals surface area contributed by atoms with E-state index in [1.165, 1.54) is 4.68 Å². The van der Waals surface area contributed by atoms with E-state index in [2.05, 4.69) is 5.10 Å². The Balaban J connectivity index is 2.64. The van der Waals surface area contributed by atoms with Crippen molar-refractivity contribution in [3.8, 4) is 5.75 Å². The fraction of sp³-hybridized carbons (Fsp3) is 0.364. The van der Waals surface area contributed by atoms with Crippen molar-refractivity contribution in [3.05, 3.63) is 28.6 Å². The zero-order chi connectivity index (χ0) is 11.0. The van der Waals surface area contributed by atoms with Crippen LogP contribution in [0, 0.1) is 5.92 Å². The van der Waals surface area contributed by atoms with Crippen molar-refractivity contribution < 1.29 is 5.11 Å². The third-order valence-electron chi connectivity index (χ3n) is 2.31. The summed E-state index contributed by atoms with van der Waals surface area (Å²) in [5.41, 5.74) is 0.442. The quantitative estimate of drug-likeness (QED) is 0.785. The third kappa shape index (κ3) is 1.63. The Hall–Kier alpha value is -1.71. The molecular weight excluding hydrogens is 192 g/mol. The predicted octanol–water partition coefficient (Wildman–Crippen LogP) is 1.69. The summed E-state index contributed by atoms with van der Waals surface area (Å²) in [6.07, 6.45) is 0. The van der Waals surface area contributed by atoms with Crippen LogP contribution in [0.5, 0.6) is 5.75 Å². The largest absolute Gasteiger partial charge is 0.506 e. The van der Waals surface area contributed by atoms with Crippen LogP contribution in [-0.4, -0.2) is 14.9 Å². The summed E-state index contributed by atoms with van der Waals surface area (Å²) < 4.78 is 1.54. The molecule has 15 heavy (non-hydrogen) atoms. The average Bonchev–Trinajstić information content (AvgIpc) is 2.46. The second-order valence-corrected chi connectivity index (χ2v) is 4.12. The van der Waals surface area contributed by atoms with E-state index in [0.29, 0.717) is 23.4 Å². The Kier molecular flexibility index (Phi) is 2.26. The van der Waals surface area contributed by atoms with Crippen LogP contribution in [0.1, 0.15) is 13.8 Å². The zero-order valence-electron chi connectivity index (χ0n) is 8.82. The lowest BCUT2D eigenvalue weighted by Gasteiger charge is -2.03. The first kappa shape index (κ1) is 9.83. The summed E-state index contributed by atoms with van der Waals surface area (Å²) in [6.45, 7) is 4.71. The summed E-state index contributed by atoms with van der Waals surface area (Å²) >= 11 is 0. The van der Waals surface area contributed by atoms with Gasteiger partial charge in [-0.2, -0.15) is 0 Å². The first-order chi connectivity index (χ1) is 7.09. The number of nitrogens with zero attached hydrogens (tertiary/aromatic N) is 1. The molecule has 1 aromatic heterocycles. The van der Waals surface area contributed by atoms with Gasteiger partial charge in [0.05, 0.1) is 5.39 Å². The summed E-state index contributed by atoms with van der Waals surface area (Å²) in [5.74, 6) is 0.505. The van der Waals surface area contributed by atoms with Crippen molar-refractivity contribution in [2.24, 2.45) is 5.92 Å². The maximum absolute atomic E-state index is 11.8. The number of nitrogens with one attached hydrogen (secondary N) is 1. The van der Waals surface area contributed by atoms with Gasteiger partial charge in [0, 0.05) is 6.54 Å². The highest BCUT2D eigenvalue weighted by Gasteiger charge is 2.09. The highest BCUT2D eigenvalue weighted by atomic mass is 16.3. The lowest BCUT2D eigenvalue weighted by molar-refractivity contribution is 0.466. The molecule has 0 saturated heterocycles. The molecule has 0 unspecified atom stereocenters. The molecule has 0 aliphatic heterocycles. The van der Waals surface area contributed by atoms with Gasteiger partial charge in [0.2, 0.25) is 0 Å². The Morgan fingerprint density at radius 3 is 2.80 bits per heavy atom. The monoisotopic (exact) mass is 206 g/mol. The molecule has 4 nitrogen and oxygen atoms in total. The lowest BCUT2D eigenvalue weighted by atomic mass is 10.2. The van der Waals surface area contributed by atoms with Crippen LogP contribution in [0.15, 0.2) is 23.0 Å². The molecule has 0 aliphatic carbocycles. The molecule has 80 valence electrons. The van der Waals surface area contributed by atoms with Gasteiger partial charge in [-0.1, -0.05) is 19.9 Å². The van der Waals surface area contributed by atoms with Crippen molar-refractivity contribution in [1.29, 1.82) is 0 Å². The van der Waals surface area contributed by atoms with Crippen LogP contribution in [0.4, 0.5) is 0 Å². The number of hydrogen-bond acceptors (Lipinski definition) is 2. The highest BCUT2D eigenvalue weighted by molar-refractivity contribution is 5.83. The standard InChI is InChI=1S/C11H14N2O2/c1-7(2)6-13-11(15)8-4-3-5-9(14)10(8)12-13/h3-5,7,12,14H,6H2,1-2H3. The summed E-state index contributed by atoms with van der Waals surface area (Å²) in [5, 5.41) is 13.0. The van der Waals surface area contributed by atoms with Crippen molar-refractivity contribution >= 4 is 10.9 Å². The number of fused-ring (bicyclic) bond motifs is 1. The number of benzene rings is 1. The van der Waals surface area contributed by atoms with Crippen LogP contribution in [0.2, 0.25) is 0 Å². The van der Waals surface area contributed by atoms with Gasteiger partial charge in [0.25, 0.3) is 5.56 Å². The van der Waals surface area contributed by atoms with E-state index in [4.69, 9.17) is 0 Å². The average molecular weight is 206 g/mol. The van der Waals surface area contributed by atoms with Gasteiger partial charge in [0.15, 0.2) is 0 Å². The number of hydrogen-bond donors (Lipinski definition) is 2. The second-order valence-electron chi connectivity index (χ2n) is 4.12. The fourth-order valence-electron chi connectivity index (χ4n) is 1.66. The molecule has 0 atom stereocenters. The Labute approximate surface area is 87.1 Å². The van der Waals surface area contributed by atoms with Gasteiger partial charge in [-0.25, -0.2) is 0 Å². The molecular formula is C11H14N2O2. The molecule has 0 saturated carbocycles. The molecule has 0 spiro atoms. The molecule has 1 heterocycles. The highest BCUT2D eigenvalue weighted by Crippen LogP contribution is 2.19. The lowest BCUT2D eigenvalue weighted by Crippen LogP contribution is -2.19. The number of para-hydroxylation sites is 1. The van der Waals surface area contributed by atoms with Gasteiger partial charge >= 0.3 is 0 Å². The van der Waals surface area contributed by atoms with Gasteiger partial charge in [-0.05, 0) is 18.1 Å². The van der Waals surface area contributed by atoms with E-state index in [9.17, 15) is 9.90 Å². The van der Waals surface area contributed by atoms with E-state index in [0.717, 1.165) is 0 Å². The zero-order valence-corrected chi connectivity index (χ0v) is 8.82. The first-order valence-corrected chi connectivity index (χ1v) is 5.00. The minimum absolute atomic E-state index is 0.0744. The minimum Gasteiger partial charge on any atom is -0.506 e. The van der Waals surface area contributed by atoms with Gasteiger partial charge < -0.3 is 5.11 Å². The van der Waals surface area contributed by atoms with Crippen LogP contribution in [-0.2, 0) is 6.54 Å². The van der Waals surface area contributed by atoms with Crippen LogP contribution < -0.4 is 5.56 Å². The number of phenols is 1. The number of aromatic amines is 1. The van der Waals surface area contributed by atoms with Crippen LogP contribution in [0.25, 0.3) is 10.9 Å². The summed E-state index contributed by atoms with van der Waals surface area (Å²) in [6, 6.07) is 4.95. The van der Waals surface area contributed by atoms with E-state index in [1.54, 1.807) is 18.2 Å². The second kappa shape index (κ2) is 3.46. The van der Waals surface area contributed by atoms with Crippen molar-refractivity contribution in [1.82, 2.24) is 9.78 Å². The molecule has 2 aromatic rings. The maximum Gasteiger partial charge on any atom is 0.274 e. The predicted molar refractivity (Wildman–Crippen MR) is 59.1 cm³/mol. The normalized spacial score (nSPS) is 11.4. The van der Waals surface area contributed by atoms with E-state index in [-0.39, 0.29) is 11.3 Å². The SMILES string of the molecule is CC(C)Cn1[nH]c2c(O)cccc2c1=O. The molecule has 2 N–H and O–H groups in total. The topological polar surface area (TPSA) is 58.0 Å². The molecule has 0 fully saturated rings. The smallest absolute Gasteiger partial charge is 0.274 e. The number of aromatic hydroxyl groups is 1. The Morgan fingerprint density at radius 1 is 1.47 bits per heavy atom. The molecule has 0 bridgehead atoms. The molecule has 0 radical (unpaired) electrons. The molecule has 4 heteroatoms. The molecule has 0 aliphatic rings. The number of rotatable bonds is 2. The number of phenolic OH excluding ortho intramolecular Hbond substituents is 1. The van der Waals surface area contributed by atoms with Gasteiger partial charge in [-0.15, -0.1) is 0 Å². The van der Waals surface area contributed by atoms with Gasteiger partial charge in [0.1, 0.15) is 11.3 Å². The third-order valence-corrected chi connectivity index (χ3v) is 2.31. The van der Waals surface area contributed by atoms with Crippen molar-refractivity contribution in [3.63, 3.8) is 0 Å². The van der Waals surface area contributed by atoms with E-state index in [1.807, 2.05) is 13.8 Å². The minimum atomic E-state index is -0.0744. The van der Waals surface area contributed by atoms with Crippen molar-refractivity contribution in [2.75, 3.05) is 0 Å². The Bertz CT molecular complexity index is 537. The first-order valence-electron chi connectivity index (χ1n) is 5.00. The number of aromatic nitrogens is 2. The van der Waals surface area contributed by atoms with Crippen LogP contribution >= 0.6 is 0 Å². The number of H-pyrrole nitrogens is 1. The van der Waals surface area contributed by atoms with E-state index >= 15 is 0 Å². The molecule has 1 aromatic carbocycles. The van der Waals surface area contributed by atoms with Crippen LogP contribution in [0.3, 0.4) is 0 Å². The maximum atomic E-state index is 11.8. The van der Waals surface area contributed by atoms with E-state index < -0.39 is 0 Å². The van der Waals surface area contributed by atoms with Gasteiger partial charge in [-0.3, -0.25) is 14.6 Å². The summed E-state index contributed by atoms with van der Waals surface area (Å²) in [4.78, 5) is 11.8. The molecule has 0 amide bonds. The van der Waals surface area contributed by atoms with Crippen molar-refractivity contribution in [2.45, 2.75) is 20.4 Å². The molecule has 2 rings (SSSR count).